The highest BCUT2D eigenvalue weighted by molar-refractivity contribution is 7.98. The van der Waals surface area contributed by atoms with Crippen molar-refractivity contribution >= 4 is 39.2 Å². The second-order valence-corrected chi connectivity index (χ2v) is 10.8. The lowest BCUT2D eigenvalue weighted by molar-refractivity contribution is -0.132. The summed E-state index contributed by atoms with van der Waals surface area (Å²) < 4.78 is 5.31. The number of H-pyrrole nitrogens is 1. The van der Waals surface area contributed by atoms with Gasteiger partial charge in [0.1, 0.15) is 16.4 Å². The lowest BCUT2D eigenvalue weighted by Gasteiger charge is -2.25. The largest absolute Gasteiger partial charge is 0.497 e. The Labute approximate surface area is 200 Å². The first-order chi connectivity index (χ1) is 16.0. The van der Waals surface area contributed by atoms with Crippen LogP contribution in [0.5, 0.6) is 5.75 Å². The number of aliphatic hydroxyl groups excluding tert-OH is 1. The summed E-state index contributed by atoms with van der Waals surface area (Å²) >= 11 is 3.23. The molecule has 2 unspecified atom stereocenters. The monoisotopic (exact) mass is 485 g/mol. The SMILES string of the molecule is COc1cccc(C2CC(O)CN2C(=O)CCSCc2nc3sc4c(c3c(=O)[nH]2)CCC4)c1. The van der Waals surface area contributed by atoms with Gasteiger partial charge in [0, 0.05) is 23.6 Å². The van der Waals surface area contributed by atoms with Crippen molar-refractivity contribution < 1.29 is 14.6 Å². The molecule has 1 fully saturated rings. The van der Waals surface area contributed by atoms with E-state index in [2.05, 4.69) is 9.97 Å². The predicted molar refractivity (Wildman–Crippen MR) is 131 cm³/mol. The average Bonchev–Trinajstić information content (AvgIpc) is 3.50. The van der Waals surface area contributed by atoms with Crippen molar-refractivity contribution in [2.45, 2.75) is 50.0 Å². The standard InChI is InChI=1S/C24H27N3O4S2/c1-31-16-5-2-4-14(10-16)18-11-15(28)12-27(18)21(29)8-9-32-13-20-25-23(30)22-17-6-3-7-19(17)33-24(22)26-20/h2,4-5,10,15,18,28H,3,6-9,11-13H2,1H3,(H,25,26,30). The van der Waals surface area contributed by atoms with Crippen LogP contribution in [-0.2, 0) is 23.4 Å². The van der Waals surface area contributed by atoms with Gasteiger partial charge >= 0.3 is 0 Å². The zero-order valence-electron chi connectivity index (χ0n) is 18.5. The molecule has 2 atom stereocenters. The van der Waals surface area contributed by atoms with Crippen LogP contribution >= 0.6 is 23.1 Å². The third kappa shape index (κ3) is 4.54. The molecule has 0 bridgehead atoms. The van der Waals surface area contributed by atoms with Gasteiger partial charge in [0.05, 0.1) is 30.4 Å². The Morgan fingerprint density at radius 3 is 3.12 bits per heavy atom. The van der Waals surface area contributed by atoms with Gasteiger partial charge in [-0.15, -0.1) is 11.3 Å². The topological polar surface area (TPSA) is 95.5 Å². The number of methoxy groups -OCH3 is 1. The highest BCUT2D eigenvalue weighted by Gasteiger charge is 2.35. The van der Waals surface area contributed by atoms with E-state index < -0.39 is 6.10 Å². The number of hydrogen-bond acceptors (Lipinski definition) is 7. The molecule has 2 aromatic heterocycles. The Bertz CT molecular complexity index is 1240. The van der Waals surface area contributed by atoms with Crippen molar-refractivity contribution in [2.24, 2.45) is 0 Å². The zero-order valence-corrected chi connectivity index (χ0v) is 20.1. The van der Waals surface area contributed by atoms with Crippen LogP contribution < -0.4 is 10.3 Å². The van der Waals surface area contributed by atoms with E-state index in [9.17, 15) is 14.7 Å². The number of benzene rings is 1. The van der Waals surface area contributed by atoms with E-state index in [-0.39, 0.29) is 17.5 Å². The number of thiophene rings is 1. The molecule has 1 saturated heterocycles. The summed E-state index contributed by atoms with van der Waals surface area (Å²) in [4.78, 5) is 37.1. The van der Waals surface area contributed by atoms with Gasteiger partial charge in [-0.3, -0.25) is 9.59 Å². The minimum Gasteiger partial charge on any atom is -0.497 e. The first-order valence-electron chi connectivity index (χ1n) is 11.3. The van der Waals surface area contributed by atoms with Gasteiger partial charge in [-0.1, -0.05) is 12.1 Å². The van der Waals surface area contributed by atoms with Crippen LogP contribution in [0.15, 0.2) is 29.1 Å². The van der Waals surface area contributed by atoms with Gasteiger partial charge in [-0.25, -0.2) is 4.98 Å². The van der Waals surface area contributed by atoms with E-state index in [0.29, 0.717) is 36.7 Å². The second-order valence-electron chi connectivity index (χ2n) is 8.58. The Morgan fingerprint density at radius 2 is 2.27 bits per heavy atom. The number of nitrogens with zero attached hydrogens (tertiary/aromatic N) is 2. The average molecular weight is 486 g/mol. The fourth-order valence-corrected chi connectivity index (χ4v) is 6.92. The number of aromatic amines is 1. The van der Waals surface area contributed by atoms with Gasteiger partial charge in [0.25, 0.3) is 5.56 Å². The number of carbonyl (C=O) groups is 1. The van der Waals surface area contributed by atoms with E-state index >= 15 is 0 Å². The summed E-state index contributed by atoms with van der Waals surface area (Å²) in [6, 6.07) is 7.53. The van der Waals surface area contributed by atoms with Crippen LogP contribution in [0.1, 0.15) is 47.1 Å². The van der Waals surface area contributed by atoms with Gasteiger partial charge in [0.2, 0.25) is 5.91 Å². The van der Waals surface area contributed by atoms with Crippen molar-refractivity contribution in [1.29, 1.82) is 0 Å². The van der Waals surface area contributed by atoms with Gasteiger partial charge in [-0.05, 0) is 48.9 Å². The van der Waals surface area contributed by atoms with Crippen molar-refractivity contribution in [2.75, 3.05) is 19.4 Å². The number of carbonyl (C=O) groups excluding carboxylic acids is 1. The lowest BCUT2D eigenvalue weighted by atomic mass is 10.0. The summed E-state index contributed by atoms with van der Waals surface area (Å²) in [5, 5.41) is 11.0. The maximum Gasteiger partial charge on any atom is 0.259 e. The van der Waals surface area contributed by atoms with Crippen molar-refractivity contribution in [1.82, 2.24) is 14.9 Å². The summed E-state index contributed by atoms with van der Waals surface area (Å²) in [6.45, 7) is 0.347. The first kappa shape index (κ1) is 22.4. The fourth-order valence-electron chi connectivity index (χ4n) is 4.84. The number of β-amino-alcohol motifs (C(OH)–C–C–N with tert-alkyl or cyclic N) is 1. The molecule has 33 heavy (non-hydrogen) atoms. The number of fused-ring (bicyclic) bond motifs is 3. The molecule has 1 aliphatic heterocycles. The molecular weight excluding hydrogens is 458 g/mol. The summed E-state index contributed by atoms with van der Waals surface area (Å²) in [5.41, 5.74) is 2.12. The van der Waals surface area contributed by atoms with Crippen LogP contribution in [0.3, 0.4) is 0 Å². The third-order valence-corrected chi connectivity index (χ3v) is 8.56. The maximum absolute atomic E-state index is 12.9. The van der Waals surface area contributed by atoms with Crippen LogP contribution in [0.25, 0.3) is 10.2 Å². The number of likely N-dealkylation sites (tertiary alicyclic amines) is 1. The van der Waals surface area contributed by atoms with E-state index in [1.807, 2.05) is 24.3 Å². The Kier molecular flexibility index (Phi) is 6.44. The third-order valence-electron chi connectivity index (χ3n) is 6.40. The molecule has 7 nitrogen and oxygen atoms in total. The molecule has 0 spiro atoms. The predicted octanol–water partition coefficient (Wildman–Crippen LogP) is 3.44. The van der Waals surface area contributed by atoms with Crippen molar-refractivity contribution in [3.8, 4) is 5.75 Å². The minimum atomic E-state index is -0.522. The van der Waals surface area contributed by atoms with Crippen LogP contribution in [-0.4, -0.2) is 51.4 Å². The number of ether oxygens (including phenoxy) is 1. The number of rotatable bonds is 7. The number of thioether (sulfide) groups is 1. The molecular formula is C24H27N3O4S2. The number of amides is 1. The lowest BCUT2D eigenvalue weighted by Crippen LogP contribution is -2.32. The number of aromatic nitrogens is 2. The molecule has 0 saturated carbocycles. The smallest absolute Gasteiger partial charge is 0.259 e. The van der Waals surface area contributed by atoms with E-state index in [0.717, 1.165) is 40.8 Å². The maximum atomic E-state index is 12.9. The van der Waals surface area contributed by atoms with Crippen molar-refractivity contribution in [3.05, 3.63) is 56.4 Å². The number of hydrogen-bond donors (Lipinski definition) is 2. The minimum absolute atomic E-state index is 0.0263. The second kappa shape index (κ2) is 9.48. The number of aliphatic hydroxyl groups is 1. The van der Waals surface area contributed by atoms with Crippen LogP contribution in [0, 0.1) is 0 Å². The summed E-state index contributed by atoms with van der Waals surface area (Å²) in [6.07, 6.45) is 3.52. The Balaban J connectivity index is 1.19. The number of aryl methyl sites for hydroxylation is 2. The van der Waals surface area contributed by atoms with Crippen LogP contribution in [0.2, 0.25) is 0 Å². The molecule has 9 heteroatoms. The highest BCUT2D eigenvalue weighted by Crippen LogP contribution is 2.35. The first-order valence-corrected chi connectivity index (χ1v) is 13.2. The molecule has 1 aromatic carbocycles. The number of nitrogens with one attached hydrogen (secondary N) is 1. The van der Waals surface area contributed by atoms with Crippen LogP contribution in [0.4, 0.5) is 0 Å². The molecule has 0 radical (unpaired) electrons. The quantitative estimate of drug-likeness (QED) is 0.498. The highest BCUT2D eigenvalue weighted by atomic mass is 32.2. The van der Waals surface area contributed by atoms with E-state index in [1.165, 1.54) is 10.4 Å². The van der Waals surface area contributed by atoms with Gasteiger partial charge in [0.15, 0.2) is 0 Å². The van der Waals surface area contributed by atoms with Crippen molar-refractivity contribution in [3.63, 3.8) is 0 Å². The zero-order chi connectivity index (χ0) is 22.9. The van der Waals surface area contributed by atoms with Gasteiger partial charge < -0.3 is 19.7 Å². The van der Waals surface area contributed by atoms with E-state index in [4.69, 9.17) is 4.74 Å². The molecule has 3 heterocycles. The molecule has 3 aromatic rings. The Morgan fingerprint density at radius 1 is 1.39 bits per heavy atom. The molecule has 174 valence electrons. The molecule has 2 N–H and O–H groups in total. The molecule has 1 aliphatic carbocycles. The fraction of sp³-hybridized carbons (Fsp3) is 0.458. The molecule has 2 aliphatic rings. The molecule has 1 amide bonds. The Hall–Kier alpha value is -2.36. The summed E-state index contributed by atoms with van der Waals surface area (Å²) in [5.74, 6) is 2.61. The van der Waals surface area contributed by atoms with E-state index in [1.54, 1.807) is 35.1 Å². The van der Waals surface area contributed by atoms with Gasteiger partial charge in [-0.2, -0.15) is 11.8 Å². The molecule has 5 rings (SSSR count). The summed E-state index contributed by atoms with van der Waals surface area (Å²) in [7, 11) is 1.62. The normalized spacial score (nSPS) is 19.9.